The lowest BCUT2D eigenvalue weighted by molar-refractivity contribution is -0.116. The largest absolute Gasteiger partial charge is 0.493 e. The fraction of sp³-hybridized carbons (Fsp3) is 0.533. The maximum absolute atomic E-state index is 12.1. The second-order valence-corrected chi connectivity index (χ2v) is 5.24. The summed E-state index contributed by atoms with van der Waals surface area (Å²) in [6, 6.07) is 5.50. The van der Waals surface area contributed by atoms with Gasteiger partial charge in [-0.15, -0.1) is 11.6 Å². The molecule has 0 bridgehead atoms. The molecule has 0 aliphatic heterocycles. The second-order valence-electron chi connectivity index (χ2n) is 4.97. The van der Waals surface area contributed by atoms with Gasteiger partial charge in [-0.05, 0) is 30.9 Å². The zero-order valence-electron chi connectivity index (χ0n) is 11.9. The molecule has 0 radical (unpaired) electrons. The number of ether oxygens (including phenoxy) is 2. The first-order chi connectivity index (χ1) is 9.69. The van der Waals surface area contributed by atoms with Crippen LogP contribution in [-0.4, -0.2) is 32.6 Å². The van der Waals surface area contributed by atoms with Crippen molar-refractivity contribution in [3.05, 3.63) is 18.2 Å². The Kier molecular flexibility index (Phi) is 5.12. The third kappa shape index (κ3) is 3.18. The van der Waals surface area contributed by atoms with E-state index in [4.69, 9.17) is 21.1 Å². The van der Waals surface area contributed by atoms with Gasteiger partial charge in [-0.3, -0.25) is 4.79 Å². The van der Waals surface area contributed by atoms with Gasteiger partial charge in [0, 0.05) is 18.3 Å². The van der Waals surface area contributed by atoms with E-state index in [1.54, 1.807) is 19.1 Å². The van der Waals surface area contributed by atoms with Gasteiger partial charge < -0.3 is 14.4 Å². The summed E-state index contributed by atoms with van der Waals surface area (Å²) < 4.78 is 10.5. The number of alkyl halides is 1. The van der Waals surface area contributed by atoms with Crippen LogP contribution >= 0.6 is 11.6 Å². The van der Waals surface area contributed by atoms with Crippen molar-refractivity contribution in [3.63, 3.8) is 0 Å². The van der Waals surface area contributed by atoms with Crippen LogP contribution in [0.1, 0.15) is 19.3 Å². The van der Waals surface area contributed by atoms with E-state index in [1.807, 2.05) is 18.2 Å². The van der Waals surface area contributed by atoms with Gasteiger partial charge in [0.25, 0.3) is 0 Å². The molecule has 20 heavy (non-hydrogen) atoms. The number of halogens is 1. The highest BCUT2D eigenvalue weighted by Crippen LogP contribution is 2.34. The highest BCUT2D eigenvalue weighted by molar-refractivity contribution is 6.29. The van der Waals surface area contributed by atoms with Crippen LogP contribution in [0, 0.1) is 5.92 Å². The second kappa shape index (κ2) is 6.84. The number of hydrogen-bond donors (Lipinski definition) is 0. The van der Waals surface area contributed by atoms with Gasteiger partial charge in [0.2, 0.25) is 5.91 Å². The zero-order valence-corrected chi connectivity index (χ0v) is 12.7. The van der Waals surface area contributed by atoms with E-state index in [0.717, 1.165) is 12.2 Å². The van der Waals surface area contributed by atoms with Crippen LogP contribution < -0.4 is 14.4 Å². The van der Waals surface area contributed by atoms with E-state index in [9.17, 15) is 4.79 Å². The number of rotatable bonds is 6. The van der Waals surface area contributed by atoms with Crippen molar-refractivity contribution in [3.8, 4) is 11.5 Å². The number of hydrogen-bond acceptors (Lipinski definition) is 3. The molecule has 0 N–H and O–H groups in total. The molecule has 0 saturated heterocycles. The summed E-state index contributed by atoms with van der Waals surface area (Å²) in [5.41, 5.74) is 0.806. The minimum atomic E-state index is -0.0780. The van der Waals surface area contributed by atoms with Crippen LogP contribution in [0.5, 0.6) is 11.5 Å². The van der Waals surface area contributed by atoms with Crippen LogP contribution in [0.15, 0.2) is 18.2 Å². The average Bonchev–Trinajstić information content (AvgIpc) is 2.44. The van der Waals surface area contributed by atoms with Crippen LogP contribution in [-0.2, 0) is 4.79 Å². The van der Waals surface area contributed by atoms with Crippen molar-refractivity contribution in [1.29, 1.82) is 0 Å². The SMILES string of the molecule is COc1ccc(N(CC2CCC2)C(=O)CCl)cc1OC. The Balaban J connectivity index is 2.24. The average molecular weight is 298 g/mol. The molecule has 1 saturated carbocycles. The first kappa shape index (κ1) is 15.0. The summed E-state index contributed by atoms with van der Waals surface area (Å²) in [5.74, 6) is 1.76. The van der Waals surface area contributed by atoms with Crippen LogP contribution in [0.25, 0.3) is 0 Å². The first-order valence-electron chi connectivity index (χ1n) is 6.78. The Morgan fingerprint density at radius 3 is 2.50 bits per heavy atom. The quantitative estimate of drug-likeness (QED) is 0.758. The molecule has 1 fully saturated rings. The molecule has 1 aromatic rings. The topological polar surface area (TPSA) is 38.8 Å². The number of nitrogens with zero attached hydrogens (tertiary/aromatic N) is 1. The molecular weight excluding hydrogens is 278 g/mol. The van der Waals surface area contributed by atoms with Crippen molar-refractivity contribution in [1.82, 2.24) is 0 Å². The van der Waals surface area contributed by atoms with Gasteiger partial charge in [-0.1, -0.05) is 6.42 Å². The highest BCUT2D eigenvalue weighted by Gasteiger charge is 2.25. The molecule has 110 valence electrons. The van der Waals surface area contributed by atoms with Crippen molar-refractivity contribution in [2.24, 2.45) is 5.92 Å². The lowest BCUT2D eigenvalue weighted by Crippen LogP contribution is -2.38. The normalized spacial score (nSPS) is 14.6. The first-order valence-corrected chi connectivity index (χ1v) is 7.31. The number of carbonyl (C=O) groups is 1. The summed E-state index contributed by atoms with van der Waals surface area (Å²) in [6.45, 7) is 0.723. The predicted molar refractivity (Wildman–Crippen MR) is 80.0 cm³/mol. The smallest absolute Gasteiger partial charge is 0.241 e. The third-order valence-electron chi connectivity index (χ3n) is 3.76. The van der Waals surface area contributed by atoms with Crippen molar-refractivity contribution in [2.45, 2.75) is 19.3 Å². The van der Waals surface area contributed by atoms with Crippen molar-refractivity contribution < 1.29 is 14.3 Å². The van der Waals surface area contributed by atoms with Crippen molar-refractivity contribution >= 4 is 23.2 Å². The lowest BCUT2D eigenvalue weighted by Gasteiger charge is -2.32. The summed E-state index contributed by atoms with van der Waals surface area (Å²) in [6.07, 6.45) is 3.61. The monoisotopic (exact) mass is 297 g/mol. The standard InChI is InChI=1S/C15H20ClNO3/c1-19-13-7-6-12(8-14(13)20-2)17(15(18)9-16)10-11-4-3-5-11/h6-8,11H,3-5,9-10H2,1-2H3. The molecule has 1 amide bonds. The van der Waals surface area contributed by atoms with E-state index >= 15 is 0 Å². The number of carbonyl (C=O) groups excluding carboxylic acids is 1. The molecular formula is C15H20ClNO3. The van der Waals surface area contributed by atoms with E-state index < -0.39 is 0 Å². The van der Waals surface area contributed by atoms with Gasteiger partial charge in [0.05, 0.1) is 14.2 Å². The minimum absolute atomic E-state index is 0.0128. The Morgan fingerprint density at radius 2 is 2.00 bits per heavy atom. The van der Waals surface area contributed by atoms with Crippen molar-refractivity contribution in [2.75, 3.05) is 31.5 Å². The molecule has 1 aliphatic rings. The highest BCUT2D eigenvalue weighted by atomic mass is 35.5. The summed E-state index contributed by atoms with van der Waals surface area (Å²) in [4.78, 5) is 13.8. The molecule has 2 rings (SSSR count). The molecule has 1 aromatic carbocycles. The molecule has 0 aromatic heterocycles. The molecule has 0 unspecified atom stereocenters. The van der Waals surface area contributed by atoms with Crippen LogP contribution in [0.4, 0.5) is 5.69 Å². The van der Waals surface area contributed by atoms with E-state index in [-0.39, 0.29) is 11.8 Å². The number of anilines is 1. The summed E-state index contributed by atoms with van der Waals surface area (Å²) in [7, 11) is 3.18. The summed E-state index contributed by atoms with van der Waals surface area (Å²) >= 11 is 5.73. The Hall–Kier alpha value is -1.42. The van der Waals surface area contributed by atoms with Gasteiger partial charge >= 0.3 is 0 Å². The molecule has 0 atom stereocenters. The Labute approximate surface area is 124 Å². The molecule has 0 spiro atoms. The van der Waals surface area contributed by atoms with Crippen LogP contribution in [0.3, 0.4) is 0 Å². The van der Waals surface area contributed by atoms with E-state index in [0.29, 0.717) is 17.4 Å². The Bertz CT molecular complexity index is 474. The maximum Gasteiger partial charge on any atom is 0.241 e. The third-order valence-corrected chi connectivity index (χ3v) is 3.99. The van der Waals surface area contributed by atoms with Crippen LogP contribution in [0.2, 0.25) is 0 Å². The van der Waals surface area contributed by atoms with Gasteiger partial charge in [0.15, 0.2) is 11.5 Å². The number of methoxy groups -OCH3 is 2. The number of amides is 1. The maximum atomic E-state index is 12.1. The van der Waals surface area contributed by atoms with E-state index in [1.165, 1.54) is 19.3 Å². The fourth-order valence-electron chi connectivity index (χ4n) is 2.35. The summed E-state index contributed by atoms with van der Waals surface area (Å²) in [5, 5.41) is 0. The molecule has 1 aliphatic carbocycles. The zero-order chi connectivity index (χ0) is 14.5. The lowest BCUT2D eigenvalue weighted by atomic mass is 9.85. The van der Waals surface area contributed by atoms with E-state index in [2.05, 4.69) is 0 Å². The predicted octanol–water partition coefficient (Wildman–Crippen LogP) is 3.08. The fourth-order valence-corrected chi connectivity index (χ4v) is 2.49. The van der Waals surface area contributed by atoms with Gasteiger partial charge in [-0.2, -0.15) is 0 Å². The number of benzene rings is 1. The Morgan fingerprint density at radius 1 is 1.30 bits per heavy atom. The van der Waals surface area contributed by atoms with Gasteiger partial charge in [-0.25, -0.2) is 0 Å². The minimum Gasteiger partial charge on any atom is -0.493 e. The molecule has 5 heteroatoms. The van der Waals surface area contributed by atoms with Gasteiger partial charge in [0.1, 0.15) is 5.88 Å². The molecule has 0 heterocycles. The molecule has 4 nitrogen and oxygen atoms in total.